The van der Waals surface area contributed by atoms with Gasteiger partial charge in [0.15, 0.2) is 0 Å². The summed E-state index contributed by atoms with van der Waals surface area (Å²) in [7, 11) is 0. The van der Waals surface area contributed by atoms with Crippen LogP contribution in [-0.2, 0) is 13.0 Å². The lowest BCUT2D eigenvalue weighted by Crippen LogP contribution is -2.15. The monoisotopic (exact) mass is 547 g/mol. The van der Waals surface area contributed by atoms with E-state index in [4.69, 9.17) is 34.8 Å². The number of carbonyl (C=O) groups is 1. The van der Waals surface area contributed by atoms with Crippen molar-refractivity contribution in [1.29, 1.82) is 0 Å². The Hall–Kier alpha value is -3.18. The highest BCUT2D eigenvalue weighted by Crippen LogP contribution is 2.40. The smallest absolute Gasteiger partial charge is 0.273 e. The second-order valence-electron chi connectivity index (χ2n) is 9.47. The fraction of sp³-hybridized carbons (Fsp3) is 0.167. The largest absolute Gasteiger partial charge is 0.325 e. The molecule has 7 heteroatoms. The zero-order chi connectivity index (χ0) is 25.7. The van der Waals surface area contributed by atoms with E-state index in [9.17, 15) is 4.79 Å². The number of hydrogen-bond acceptors (Lipinski definition) is 1. The first kappa shape index (κ1) is 24.2. The van der Waals surface area contributed by atoms with Gasteiger partial charge in [-0.25, -0.2) is 0 Å². The highest BCUT2D eigenvalue weighted by atomic mass is 35.5. The number of anilines is 1. The zero-order valence-electron chi connectivity index (χ0n) is 20.2. The number of aromatic nitrogens is 2. The van der Waals surface area contributed by atoms with Crippen molar-refractivity contribution in [2.24, 2.45) is 0 Å². The minimum absolute atomic E-state index is 0.159. The first-order valence-electron chi connectivity index (χ1n) is 12.3. The number of imidazole rings is 1. The maximum atomic E-state index is 14.0. The minimum atomic E-state index is -0.159. The van der Waals surface area contributed by atoms with E-state index in [2.05, 4.69) is 9.88 Å². The van der Waals surface area contributed by atoms with E-state index in [-0.39, 0.29) is 5.91 Å². The summed E-state index contributed by atoms with van der Waals surface area (Å²) in [5.74, 6) is -0.159. The van der Waals surface area contributed by atoms with Crippen molar-refractivity contribution >= 4 is 52.0 Å². The summed E-state index contributed by atoms with van der Waals surface area (Å²) in [5.41, 5.74) is 8.60. The molecule has 0 unspecified atom stereocenters. The number of benzene rings is 3. The van der Waals surface area contributed by atoms with Crippen molar-refractivity contribution < 1.29 is 4.79 Å². The van der Waals surface area contributed by atoms with E-state index >= 15 is 0 Å². The van der Waals surface area contributed by atoms with Crippen LogP contribution in [0, 0.1) is 6.92 Å². The van der Waals surface area contributed by atoms with Crippen LogP contribution >= 0.6 is 34.8 Å². The Labute approximate surface area is 230 Å². The maximum absolute atomic E-state index is 14.0. The van der Waals surface area contributed by atoms with Gasteiger partial charge in [0.1, 0.15) is 11.3 Å². The molecule has 1 aliphatic heterocycles. The number of aryl methyl sites for hydroxylation is 3. The van der Waals surface area contributed by atoms with Crippen LogP contribution in [0.25, 0.3) is 28.0 Å². The lowest BCUT2D eigenvalue weighted by molar-refractivity contribution is 0.102. The summed E-state index contributed by atoms with van der Waals surface area (Å²) in [6.07, 6.45) is 5.00. The van der Waals surface area contributed by atoms with Gasteiger partial charge in [0.05, 0.1) is 15.7 Å². The Balaban J connectivity index is 1.60. The first-order chi connectivity index (χ1) is 17.9. The van der Waals surface area contributed by atoms with E-state index in [1.807, 2.05) is 84.3 Å². The number of hydrogen-bond donors (Lipinski definition) is 1. The van der Waals surface area contributed by atoms with Crippen LogP contribution in [0.2, 0.25) is 15.1 Å². The highest BCUT2D eigenvalue weighted by Gasteiger charge is 2.29. The maximum Gasteiger partial charge on any atom is 0.273 e. The quantitative estimate of drug-likeness (QED) is 0.239. The molecule has 0 radical (unpaired) electrons. The number of carbonyl (C=O) groups excluding carboxylic acids is 1. The number of rotatable bonds is 4. The van der Waals surface area contributed by atoms with Gasteiger partial charge in [-0.05, 0) is 68.1 Å². The Morgan fingerprint density at radius 3 is 2.32 bits per heavy atom. The van der Waals surface area contributed by atoms with Crippen LogP contribution in [0.5, 0.6) is 0 Å². The second kappa shape index (κ2) is 9.60. The molecule has 1 N–H and O–H groups in total. The molecule has 3 heterocycles. The Kier molecular flexibility index (Phi) is 6.28. The summed E-state index contributed by atoms with van der Waals surface area (Å²) in [4.78, 5) is 14.0. The molecule has 3 aromatic carbocycles. The third kappa shape index (κ3) is 4.33. The average molecular weight is 549 g/mol. The minimum Gasteiger partial charge on any atom is -0.325 e. The standard InChI is InChI=1S/C30H24Cl3N3O/c1-18-5-12-22(13-6-18)34-29(37)28-27(19-7-10-21(31)11-8-19)23-4-2-3-15-35-26(17-36(28)30(23)35)20-9-14-24(32)25(33)16-20/h5-14,16-17H,2-4,15H2,1H3,(H,34,37). The van der Waals surface area contributed by atoms with Crippen LogP contribution < -0.4 is 5.32 Å². The molecule has 0 saturated carbocycles. The average Bonchev–Trinajstić information content (AvgIpc) is 3.30. The summed E-state index contributed by atoms with van der Waals surface area (Å²) >= 11 is 18.8. The Morgan fingerprint density at radius 1 is 0.865 bits per heavy atom. The molecule has 37 heavy (non-hydrogen) atoms. The molecule has 5 aromatic rings. The van der Waals surface area contributed by atoms with Gasteiger partial charge in [0, 0.05) is 40.1 Å². The first-order valence-corrected chi connectivity index (χ1v) is 13.4. The van der Waals surface area contributed by atoms with Crippen molar-refractivity contribution in [2.45, 2.75) is 32.7 Å². The van der Waals surface area contributed by atoms with Gasteiger partial charge in [-0.15, -0.1) is 0 Å². The van der Waals surface area contributed by atoms with E-state index in [1.54, 1.807) is 0 Å². The molecule has 0 bridgehead atoms. The summed E-state index contributed by atoms with van der Waals surface area (Å²) in [5, 5.41) is 4.81. The molecule has 0 atom stereocenters. The van der Waals surface area contributed by atoms with Gasteiger partial charge in [0.25, 0.3) is 5.91 Å². The van der Waals surface area contributed by atoms with Crippen LogP contribution in [0.15, 0.2) is 72.9 Å². The van der Waals surface area contributed by atoms with Crippen molar-refractivity contribution in [3.63, 3.8) is 0 Å². The number of amides is 1. The fourth-order valence-corrected chi connectivity index (χ4v) is 5.67. The lowest BCUT2D eigenvalue weighted by atomic mass is 9.97. The molecule has 0 fully saturated rings. The van der Waals surface area contributed by atoms with E-state index in [0.717, 1.165) is 65.1 Å². The molecule has 6 rings (SSSR count). The number of halogens is 3. The predicted octanol–water partition coefficient (Wildman–Crippen LogP) is 8.93. The van der Waals surface area contributed by atoms with E-state index in [0.29, 0.717) is 20.8 Å². The normalized spacial score (nSPS) is 13.1. The molecule has 0 saturated heterocycles. The molecule has 186 valence electrons. The van der Waals surface area contributed by atoms with Crippen molar-refractivity contribution in [1.82, 2.24) is 8.97 Å². The van der Waals surface area contributed by atoms with Crippen LogP contribution in [0.4, 0.5) is 5.69 Å². The molecule has 0 spiro atoms. The zero-order valence-corrected chi connectivity index (χ0v) is 22.5. The summed E-state index contributed by atoms with van der Waals surface area (Å²) in [6.45, 7) is 2.88. The molecular formula is C30H24Cl3N3O. The van der Waals surface area contributed by atoms with E-state index in [1.165, 1.54) is 5.56 Å². The third-order valence-electron chi connectivity index (χ3n) is 7.01. The van der Waals surface area contributed by atoms with Crippen molar-refractivity contribution in [2.75, 3.05) is 5.32 Å². The molecule has 2 aromatic heterocycles. The van der Waals surface area contributed by atoms with Crippen molar-refractivity contribution in [3.05, 3.63) is 105 Å². The van der Waals surface area contributed by atoms with Gasteiger partial charge in [-0.3, -0.25) is 9.20 Å². The predicted molar refractivity (Wildman–Crippen MR) is 153 cm³/mol. The fourth-order valence-electron chi connectivity index (χ4n) is 5.25. The number of nitrogens with zero attached hydrogens (tertiary/aromatic N) is 2. The topological polar surface area (TPSA) is 38.4 Å². The molecule has 1 amide bonds. The third-order valence-corrected chi connectivity index (χ3v) is 8.00. The lowest BCUT2D eigenvalue weighted by Gasteiger charge is -2.11. The number of nitrogens with one attached hydrogen (secondary N) is 1. The van der Waals surface area contributed by atoms with Gasteiger partial charge < -0.3 is 9.88 Å². The van der Waals surface area contributed by atoms with Crippen LogP contribution in [0.1, 0.15) is 34.5 Å². The van der Waals surface area contributed by atoms with Crippen molar-refractivity contribution in [3.8, 4) is 22.4 Å². The SMILES string of the molecule is Cc1ccc(NC(=O)c2c(-c3ccc(Cl)cc3)c3c4n(c(-c5ccc(Cl)c(Cl)c5)cn24)CCCC3)cc1. The molecule has 4 nitrogen and oxygen atoms in total. The van der Waals surface area contributed by atoms with Gasteiger partial charge >= 0.3 is 0 Å². The molecule has 0 aliphatic carbocycles. The molecular weight excluding hydrogens is 525 g/mol. The van der Waals surface area contributed by atoms with Gasteiger partial charge in [0.2, 0.25) is 0 Å². The van der Waals surface area contributed by atoms with Crippen LogP contribution in [0.3, 0.4) is 0 Å². The second-order valence-corrected chi connectivity index (χ2v) is 10.7. The summed E-state index contributed by atoms with van der Waals surface area (Å²) < 4.78 is 4.36. The Morgan fingerprint density at radius 2 is 1.59 bits per heavy atom. The molecule has 1 aliphatic rings. The van der Waals surface area contributed by atoms with Crippen LogP contribution in [-0.4, -0.2) is 14.9 Å². The van der Waals surface area contributed by atoms with E-state index < -0.39 is 0 Å². The van der Waals surface area contributed by atoms with Gasteiger partial charge in [-0.2, -0.15) is 0 Å². The Bertz CT molecular complexity index is 1650. The van der Waals surface area contributed by atoms with Gasteiger partial charge in [-0.1, -0.05) is 70.7 Å². The highest BCUT2D eigenvalue weighted by molar-refractivity contribution is 6.42. The summed E-state index contributed by atoms with van der Waals surface area (Å²) in [6, 6.07) is 21.2.